The Morgan fingerprint density at radius 3 is 2.80 bits per heavy atom. The minimum absolute atomic E-state index is 0.0901. The highest BCUT2D eigenvalue weighted by atomic mass is 32.1. The lowest BCUT2D eigenvalue weighted by Gasteiger charge is -2.06. The van der Waals surface area contributed by atoms with Crippen molar-refractivity contribution in [3.8, 4) is 6.07 Å². The Kier molecular flexibility index (Phi) is 3.82. The quantitative estimate of drug-likeness (QED) is 0.907. The van der Waals surface area contributed by atoms with Gasteiger partial charge in [0.05, 0.1) is 17.3 Å². The van der Waals surface area contributed by atoms with Crippen molar-refractivity contribution in [1.82, 2.24) is 0 Å². The molecular weight excluding hydrogens is 276 g/mol. The van der Waals surface area contributed by atoms with Gasteiger partial charge in [0.15, 0.2) is 0 Å². The van der Waals surface area contributed by atoms with Crippen molar-refractivity contribution in [2.75, 3.05) is 5.32 Å². The second kappa shape index (κ2) is 5.55. The zero-order valence-corrected chi connectivity index (χ0v) is 11.3. The van der Waals surface area contributed by atoms with Crippen LogP contribution in [0.4, 0.5) is 5.69 Å². The molecule has 0 saturated heterocycles. The molecular formula is C14H10N2O3S. The zero-order valence-electron chi connectivity index (χ0n) is 10.5. The monoisotopic (exact) mass is 286 g/mol. The number of carboxylic acid groups (broad SMARTS) is 1. The molecule has 2 rings (SSSR count). The second-order valence-corrected chi connectivity index (χ2v) is 4.95. The van der Waals surface area contributed by atoms with Gasteiger partial charge in [-0.3, -0.25) is 4.79 Å². The number of carboxylic acids is 1. The van der Waals surface area contributed by atoms with Crippen LogP contribution in [-0.4, -0.2) is 17.0 Å². The summed E-state index contributed by atoms with van der Waals surface area (Å²) in [5, 5.41) is 22.1. The van der Waals surface area contributed by atoms with Gasteiger partial charge in [0.25, 0.3) is 5.91 Å². The minimum Gasteiger partial charge on any atom is -0.477 e. The fraction of sp³-hybridized carbons (Fsp3) is 0.0714. The van der Waals surface area contributed by atoms with E-state index in [2.05, 4.69) is 5.32 Å². The first-order valence-electron chi connectivity index (χ1n) is 5.66. The van der Waals surface area contributed by atoms with Crippen molar-refractivity contribution in [3.63, 3.8) is 0 Å². The van der Waals surface area contributed by atoms with Crippen LogP contribution in [0.1, 0.15) is 31.2 Å². The topological polar surface area (TPSA) is 90.2 Å². The molecule has 1 heterocycles. The van der Waals surface area contributed by atoms with Gasteiger partial charge in [-0.25, -0.2) is 4.79 Å². The lowest BCUT2D eigenvalue weighted by molar-refractivity contribution is 0.0703. The van der Waals surface area contributed by atoms with Crippen LogP contribution in [0.15, 0.2) is 29.6 Å². The van der Waals surface area contributed by atoms with E-state index in [0.717, 1.165) is 11.3 Å². The Morgan fingerprint density at radius 1 is 1.40 bits per heavy atom. The zero-order chi connectivity index (χ0) is 14.7. The summed E-state index contributed by atoms with van der Waals surface area (Å²) in [6, 6.07) is 8.17. The summed E-state index contributed by atoms with van der Waals surface area (Å²) in [6.07, 6.45) is 0. The number of carbonyl (C=O) groups excluding carboxylic acids is 1. The Hall–Kier alpha value is -2.65. The molecule has 0 spiro atoms. The van der Waals surface area contributed by atoms with E-state index < -0.39 is 11.9 Å². The molecule has 6 heteroatoms. The van der Waals surface area contributed by atoms with Crippen LogP contribution in [0.2, 0.25) is 0 Å². The predicted molar refractivity (Wildman–Crippen MR) is 75.1 cm³/mol. The lowest BCUT2D eigenvalue weighted by atomic mass is 10.1. The first-order chi connectivity index (χ1) is 9.52. The normalized spacial score (nSPS) is 9.80. The van der Waals surface area contributed by atoms with Crippen molar-refractivity contribution in [1.29, 1.82) is 5.26 Å². The van der Waals surface area contributed by atoms with E-state index >= 15 is 0 Å². The summed E-state index contributed by atoms with van der Waals surface area (Å²) in [4.78, 5) is 23.3. The number of aromatic carboxylic acids is 1. The van der Waals surface area contributed by atoms with Gasteiger partial charge in [0, 0.05) is 5.56 Å². The summed E-state index contributed by atoms with van der Waals surface area (Å²) in [6.45, 7) is 1.73. The highest BCUT2D eigenvalue weighted by Gasteiger charge is 2.18. The Morgan fingerprint density at radius 2 is 2.15 bits per heavy atom. The molecule has 100 valence electrons. The molecule has 1 aromatic heterocycles. The maximum atomic E-state index is 12.1. The van der Waals surface area contributed by atoms with Crippen LogP contribution < -0.4 is 5.32 Å². The maximum Gasteiger partial charge on any atom is 0.348 e. The number of hydrogen-bond donors (Lipinski definition) is 2. The molecule has 5 nitrogen and oxygen atoms in total. The minimum atomic E-state index is -1.08. The molecule has 2 N–H and O–H groups in total. The van der Waals surface area contributed by atoms with Gasteiger partial charge in [0.2, 0.25) is 0 Å². The van der Waals surface area contributed by atoms with Gasteiger partial charge >= 0.3 is 5.97 Å². The summed E-state index contributed by atoms with van der Waals surface area (Å²) >= 11 is 1.06. The molecule has 2 aromatic rings. The average molecular weight is 286 g/mol. The number of amides is 1. The third-order valence-corrected chi connectivity index (χ3v) is 3.75. The van der Waals surface area contributed by atoms with Crippen molar-refractivity contribution >= 4 is 28.9 Å². The predicted octanol–water partition coefficient (Wildman–Crippen LogP) is 2.88. The molecule has 0 aliphatic heterocycles. The first kappa shape index (κ1) is 13.8. The van der Waals surface area contributed by atoms with E-state index in [1.54, 1.807) is 30.5 Å². The Labute approximate surface area is 119 Å². The summed E-state index contributed by atoms with van der Waals surface area (Å²) in [5.41, 5.74) is 1.68. The molecule has 0 fully saturated rings. The van der Waals surface area contributed by atoms with Crippen molar-refractivity contribution < 1.29 is 14.7 Å². The van der Waals surface area contributed by atoms with Crippen LogP contribution in [0.5, 0.6) is 0 Å². The molecule has 1 aromatic carbocycles. The molecule has 0 aliphatic carbocycles. The van der Waals surface area contributed by atoms with Crippen molar-refractivity contribution in [3.05, 3.63) is 51.2 Å². The number of benzene rings is 1. The van der Waals surface area contributed by atoms with E-state index in [1.807, 2.05) is 6.07 Å². The third-order valence-electron chi connectivity index (χ3n) is 2.66. The van der Waals surface area contributed by atoms with E-state index in [-0.39, 0.29) is 4.88 Å². The highest BCUT2D eigenvalue weighted by Crippen LogP contribution is 2.28. The van der Waals surface area contributed by atoms with E-state index in [4.69, 9.17) is 10.4 Å². The Balaban J connectivity index is 2.30. The number of rotatable bonds is 3. The number of nitriles is 1. The van der Waals surface area contributed by atoms with Crippen molar-refractivity contribution in [2.24, 2.45) is 0 Å². The summed E-state index contributed by atoms with van der Waals surface area (Å²) < 4.78 is 0. The van der Waals surface area contributed by atoms with E-state index in [0.29, 0.717) is 22.4 Å². The van der Waals surface area contributed by atoms with Gasteiger partial charge in [0.1, 0.15) is 4.88 Å². The van der Waals surface area contributed by atoms with Crippen LogP contribution in [0.25, 0.3) is 0 Å². The second-order valence-electron chi connectivity index (χ2n) is 4.07. The molecule has 20 heavy (non-hydrogen) atoms. The standard InChI is InChI=1S/C14H10N2O3S/c1-8-7-20-12(14(18)19)11(8)16-13(17)10-4-2-3-9(5-10)6-15/h2-5,7H,1H3,(H,16,17)(H,18,19). The molecule has 1 amide bonds. The van der Waals surface area contributed by atoms with Gasteiger partial charge in [-0.15, -0.1) is 11.3 Å². The largest absolute Gasteiger partial charge is 0.477 e. The van der Waals surface area contributed by atoms with Gasteiger partial charge in [-0.1, -0.05) is 6.07 Å². The fourth-order valence-electron chi connectivity index (χ4n) is 1.67. The van der Waals surface area contributed by atoms with Crippen LogP contribution in [0, 0.1) is 18.3 Å². The van der Waals surface area contributed by atoms with Crippen LogP contribution in [-0.2, 0) is 0 Å². The number of carbonyl (C=O) groups is 2. The maximum absolute atomic E-state index is 12.1. The number of thiophene rings is 1. The van der Waals surface area contributed by atoms with E-state index in [1.165, 1.54) is 6.07 Å². The number of anilines is 1. The molecule has 0 bridgehead atoms. The van der Waals surface area contributed by atoms with E-state index in [9.17, 15) is 9.59 Å². The van der Waals surface area contributed by atoms with Crippen LogP contribution >= 0.6 is 11.3 Å². The summed E-state index contributed by atoms with van der Waals surface area (Å²) in [5.74, 6) is -1.52. The third kappa shape index (κ3) is 2.68. The number of nitrogens with one attached hydrogen (secondary N) is 1. The number of hydrogen-bond acceptors (Lipinski definition) is 4. The Bertz CT molecular complexity index is 728. The first-order valence-corrected chi connectivity index (χ1v) is 6.53. The average Bonchev–Trinajstić information content (AvgIpc) is 2.80. The fourth-order valence-corrected chi connectivity index (χ4v) is 2.52. The smallest absolute Gasteiger partial charge is 0.348 e. The SMILES string of the molecule is Cc1csc(C(=O)O)c1NC(=O)c1cccc(C#N)c1. The number of aryl methyl sites for hydroxylation is 1. The lowest BCUT2D eigenvalue weighted by Crippen LogP contribution is -2.14. The van der Waals surface area contributed by atoms with Gasteiger partial charge in [-0.2, -0.15) is 5.26 Å². The molecule has 0 unspecified atom stereocenters. The van der Waals surface area contributed by atoms with Gasteiger partial charge in [-0.05, 0) is 36.1 Å². The molecule has 0 aliphatic rings. The van der Waals surface area contributed by atoms with Crippen LogP contribution in [0.3, 0.4) is 0 Å². The molecule has 0 saturated carbocycles. The van der Waals surface area contributed by atoms with Gasteiger partial charge < -0.3 is 10.4 Å². The highest BCUT2D eigenvalue weighted by molar-refractivity contribution is 7.12. The number of nitrogens with zero attached hydrogens (tertiary/aromatic N) is 1. The molecule has 0 atom stereocenters. The van der Waals surface area contributed by atoms with Crippen molar-refractivity contribution in [2.45, 2.75) is 6.92 Å². The summed E-state index contributed by atoms with van der Waals surface area (Å²) in [7, 11) is 0. The molecule has 0 radical (unpaired) electrons.